The molecule has 0 spiro atoms. The van der Waals surface area contributed by atoms with Gasteiger partial charge in [-0.05, 0) is 27.7 Å². The van der Waals surface area contributed by atoms with Crippen LogP contribution in [0.15, 0.2) is 0 Å². The van der Waals surface area contributed by atoms with Gasteiger partial charge in [0.1, 0.15) is 0 Å². The van der Waals surface area contributed by atoms with Crippen LogP contribution in [0.5, 0.6) is 0 Å². The van der Waals surface area contributed by atoms with Gasteiger partial charge in [0.05, 0.1) is 0 Å². The van der Waals surface area contributed by atoms with Crippen LogP contribution in [0.2, 0.25) is 0 Å². The van der Waals surface area contributed by atoms with Gasteiger partial charge in [0.15, 0.2) is 0 Å². The Morgan fingerprint density at radius 2 is 1.08 bits per heavy atom. The van der Waals surface area contributed by atoms with Gasteiger partial charge < -0.3 is 0 Å². The molecule has 0 bridgehead atoms. The Morgan fingerprint density at radius 3 is 1.42 bits per heavy atom. The summed E-state index contributed by atoms with van der Waals surface area (Å²) in [6.07, 6.45) is 0. The Bertz CT molecular complexity index is 123. The first-order chi connectivity index (χ1) is 5.41. The van der Waals surface area contributed by atoms with Crippen molar-refractivity contribution in [1.82, 2.24) is 0 Å². The summed E-state index contributed by atoms with van der Waals surface area (Å²) in [4.78, 5) is 0. The Hall–Kier alpha value is 1.40. The van der Waals surface area contributed by atoms with Crippen molar-refractivity contribution >= 4 is 43.2 Å². The van der Waals surface area contributed by atoms with Gasteiger partial charge in [-0.3, -0.25) is 0 Å². The number of hydrogen-bond donors (Lipinski definition) is 0. The Kier molecular flexibility index (Phi) is 4.09. The second-order valence-corrected chi connectivity index (χ2v) is 10.2. The van der Waals surface area contributed by atoms with Gasteiger partial charge in [0, 0.05) is 21.0 Å². The maximum absolute atomic E-state index is 2.33. The zero-order chi connectivity index (χ0) is 9.24. The Labute approximate surface area is 91.6 Å². The minimum atomic E-state index is 0.443. The zero-order valence-corrected chi connectivity index (χ0v) is 11.3. The molecule has 4 heteroatoms. The molecule has 0 aromatic rings. The van der Waals surface area contributed by atoms with E-state index in [-0.39, 0.29) is 0 Å². The average molecular weight is 240 g/mol. The molecule has 72 valence electrons. The summed E-state index contributed by atoms with van der Waals surface area (Å²) in [5.74, 6) is 2.50. The van der Waals surface area contributed by atoms with Gasteiger partial charge in [-0.15, -0.1) is 0 Å². The van der Waals surface area contributed by atoms with Crippen molar-refractivity contribution in [2.45, 2.75) is 37.2 Å². The molecule has 0 amide bonds. The van der Waals surface area contributed by atoms with E-state index in [2.05, 4.69) is 27.7 Å². The van der Waals surface area contributed by atoms with E-state index in [0.717, 1.165) is 0 Å². The third kappa shape index (κ3) is 4.07. The Balaban J connectivity index is 2.45. The standard InChI is InChI=1S/C8H16S4/c1-7(2)5-9-12-8(3,4)6-10-11-7/h5-6H2,1-4H3. The third-order valence-electron chi connectivity index (χ3n) is 1.38. The molecule has 0 unspecified atom stereocenters. The molecule has 0 aromatic carbocycles. The van der Waals surface area contributed by atoms with Gasteiger partial charge in [-0.25, -0.2) is 0 Å². The summed E-state index contributed by atoms with van der Waals surface area (Å²) < 4.78 is 0.887. The van der Waals surface area contributed by atoms with Crippen molar-refractivity contribution in [2.75, 3.05) is 11.5 Å². The molecule has 0 atom stereocenters. The van der Waals surface area contributed by atoms with Gasteiger partial charge in [0.25, 0.3) is 0 Å². The lowest BCUT2D eigenvalue weighted by atomic mass is 10.2. The van der Waals surface area contributed by atoms with E-state index in [1.165, 1.54) is 11.5 Å². The van der Waals surface area contributed by atoms with Crippen LogP contribution in [0.3, 0.4) is 0 Å². The van der Waals surface area contributed by atoms with E-state index in [4.69, 9.17) is 0 Å². The molecule has 1 heterocycles. The normalized spacial score (nSPS) is 29.0. The van der Waals surface area contributed by atoms with Crippen molar-refractivity contribution in [3.8, 4) is 0 Å². The summed E-state index contributed by atoms with van der Waals surface area (Å²) in [6.45, 7) is 9.32. The van der Waals surface area contributed by atoms with Crippen molar-refractivity contribution in [3.05, 3.63) is 0 Å². The third-order valence-corrected chi connectivity index (χ3v) is 8.97. The number of hydrogen-bond acceptors (Lipinski definition) is 4. The maximum atomic E-state index is 2.33. The molecule has 1 aliphatic heterocycles. The SMILES string of the molecule is CC1(C)CSSC(C)(C)CSS1. The molecule has 0 aromatic heterocycles. The first-order valence-corrected chi connectivity index (χ1v) is 8.66. The molecule has 1 fully saturated rings. The van der Waals surface area contributed by atoms with Crippen LogP contribution in [0.1, 0.15) is 27.7 Å². The second-order valence-electron chi connectivity index (χ2n) is 4.21. The molecule has 0 nitrogen and oxygen atoms in total. The highest BCUT2D eigenvalue weighted by Crippen LogP contribution is 2.49. The van der Waals surface area contributed by atoms with E-state index < -0.39 is 0 Å². The monoisotopic (exact) mass is 240 g/mol. The lowest BCUT2D eigenvalue weighted by Gasteiger charge is -2.31. The summed E-state index contributed by atoms with van der Waals surface area (Å²) in [6, 6.07) is 0. The Morgan fingerprint density at radius 1 is 0.750 bits per heavy atom. The van der Waals surface area contributed by atoms with Crippen LogP contribution in [0.4, 0.5) is 0 Å². The highest BCUT2D eigenvalue weighted by atomic mass is 33.1. The quantitative estimate of drug-likeness (QED) is 0.578. The molecule has 1 aliphatic rings. The first-order valence-electron chi connectivity index (χ1n) is 4.03. The highest BCUT2D eigenvalue weighted by molar-refractivity contribution is 8.80. The fourth-order valence-electron chi connectivity index (χ4n) is 0.710. The van der Waals surface area contributed by atoms with Crippen LogP contribution in [0, 0.1) is 0 Å². The molecule has 0 saturated carbocycles. The number of rotatable bonds is 0. The van der Waals surface area contributed by atoms with Gasteiger partial charge in [-0.2, -0.15) is 0 Å². The minimum Gasteiger partial charge on any atom is -0.0921 e. The minimum absolute atomic E-state index is 0.443. The van der Waals surface area contributed by atoms with E-state index in [1.54, 1.807) is 0 Å². The predicted octanol–water partition coefficient (Wildman–Crippen LogP) is 4.32. The average Bonchev–Trinajstić information content (AvgIpc) is 1.82. The predicted molar refractivity (Wildman–Crippen MR) is 68.3 cm³/mol. The summed E-state index contributed by atoms with van der Waals surface area (Å²) in [5, 5.41) is 0. The van der Waals surface area contributed by atoms with Gasteiger partial charge >= 0.3 is 0 Å². The smallest absolute Gasteiger partial charge is 0.0306 e. The maximum Gasteiger partial charge on any atom is 0.0306 e. The van der Waals surface area contributed by atoms with Crippen molar-refractivity contribution < 1.29 is 0 Å². The first kappa shape index (κ1) is 11.5. The van der Waals surface area contributed by atoms with Crippen LogP contribution in [-0.4, -0.2) is 21.0 Å². The van der Waals surface area contributed by atoms with E-state index in [1.807, 2.05) is 43.2 Å². The zero-order valence-electron chi connectivity index (χ0n) is 8.05. The van der Waals surface area contributed by atoms with E-state index >= 15 is 0 Å². The van der Waals surface area contributed by atoms with Crippen molar-refractivity contribution in [1.29, 1.82) is 0 Å². The molecular weight excluding hydrogens is 224 g/mol. The molecule has 1 saturated heterocycles. The summed E-state index contributed by atoms with van der Waals surface area (Å²) >= 11 is 0. The topological polar surface area (TPSA) is 0 Å². The summed E-state index contributed by atoms with van der Waals surface area (Å²) in [5.41, 5.74) is 0. The van der Waals surface area contributed by atoms with Crippen LogP contribution in [0.25, 0.3) is 0 Å². The van der Waals surface area contributed by atoms with Gasteiger partial charge in [-0.1, -0.05) is 43.2 Å². The van der Waals surface area contributed by atoms with Crippen LogP contribution < -0.4 is 0 Å². The fourth-order valence-corrected chi connectivity index (χ4v) is 8.12. The highest BCUT2D eigenvalue weighted by Gasteiger charge is 2.28. The van der Waals surface area contributed by atoms with Gasteiger partial charge in [0.2, 0.25) is 0 Å². The lowest BCUT2D eigenvalue weighted by Crippen LogP contribution is -2.23. The van der Waals surface area contributed by atoms with Crippen molar-refractivity contribution in [2.24, 2.45) is 0 Å². The molecule has 1 rings (SSSR count). The van der Waals surface area contributed by atoms with Crippen molar-refractivity contribution in [3.63, 3.8) is 0 Å². The van der Waals surface area contributed by atoms with E-state index in [9.17, 15) is 0 Å². The molecule has 0 radical (unpaired) electrons. The molecular formula is C8H16S4. The lowest BCUT2D eigenvalue weighted by molar-refractivity contribution is 0.814. The molecule has 0 aliphatic carbocycles. The largest absolute Gasteiger partial charge is 0.0921 e. The van der Waals surface area contributed by atoms with E-state index in [0.29, 0.717) is 9.49 Å². The fraction of sp³-hybridized carbons (Fsp3) is 1.00. The summed E-state index contributed by atoms with van der Waals surface area (Å²) in [7, 11) is 8.13. The van der Waals surface area contributed by atoms with Crippen LogP contribution in [-0.2, 0) is 0 Å². The molecule has 12 heavy (non-hydrogen) atoms. The second kappa shape index (κ2) is 4.28. The molecule has 0 N–H and O–H groups in total. The van der Waals surface area contributed by atoms with Crippen LogP contribution >= 0.6 is 43.2 Å².